The average molecular weight is 476 g/mol. The van der Waals surface area contributed by atoms with Gasteiger partial charge in [-0.05, 0) is 57.0 Å². The topological polar surface area (TPSA) is 69.7 Å². The minimum absolute atomic E-state index is 0.00156. The highest BCUT2D eigenvalue weighted by Gasteiger charge is 2.19. The number of anilines is 1. The number of thioether (sulfide) groups is 1. The Hall–Kier alpha value is -1.87. The second-order valence-electron chi connectivity index (χ2n) is 7.97. The van der Waals surface area contributed by atoms with Gasteiger partial charge < -0.3 is 4.90 Å². The van der Waals surface area contributed by atoms with Gasteiger partial charge in [0.1, 0.15) is 0 Å². The lowest BCUT2D eigenvalue weighted by Crippen LogP contribution is -2.46. The Labute approximate surface area is 196 Å². The van der Waals surface area contributed by atoms with E-state index in [1.807, 2.05) is 12.3 Å². The first kappa shape index (κ1) is 24.8. The van der Waals surface area contributed by atoms with E-state index in [4.69, 9.17) is 0 Å². The zero-order valence-electron chi connectivity index (χ0n) is 18.9. The fraction of sp³-hybridized carbons (Fsp3) is 0.458. The summed E-state index contributed by atoms with van der Waals surface area (Å²) >= 11 is 1.36. The number of sulfonamides is 1. The van der Waals surface area contributed by atoms with Crippen molar-refractivity contribution in [3.8, 4) is 0 Å². The van der Waals surface area contributed by atoms with Gasteiger partial charge in [-0.2, -0.15) is 0 Å². The number of Topliss-reactive ketones (excluding diaryl/α,β-unsaturated/α-hetero) is 1. The summed E-state index contributed by atoms with van der Waals surface area (Å²) in [5.74, 6) is 0.00156. The summed E-state index contributed by atoms with van der Waals surface area (Å²) in [6.45, 7) is 5.29. The minimum atomic E-state index is -3.59. The maximum atomic E-state index is 12.6. The summed E-state index contributed by atoms with van der Waals surface area (Å²) in [5.41, 5.74) is 1.76. The maximum Gasteiger partial charge on any atom is 0.241 e. The monoisotopic (exact) mass is 475 g/mol. The zero-order chi connectivity index (χ0) is 23.0. The molecule has 0 bridgehead atoms. The van der Waals surface area contributed by atoms with Crippen molar-refractivity contribution in [1.29, 1.82) is 0 Å². The summed E-state index contributed by atoms with van der Waals surface area (Å²) in [5, 5.41) is 0. The van der Waals surface area contributed by atoms with Crippen LogP contribution in [0.1, 0.15) is 36.0 Å². The molecule has 0 spiro atoms. The molecule has 1 saturated heterocycles. The molecule has 0 aromatic heterocycles. The molecular formula is C24H33N3O3S2. The number of hydrogen-bond donors (Lipinski definition) is 1. The van der Waals surface area contributed by atoms with E-state index in [-0.39, 0.29) is 10.7 Å². The van der Waals surface area contributed by atoms with Gasteiger partial charge in [-0.1, -0.05) is 30.7 Å². The third kappa shape index (κ3) is 6.57. The van der Waals surface area contributed by atoms with E-state index >= 15 is 0 Å². The molecular weight excluding hydrogens is 442 g/mol. The summed E-state index contributed by atoms with van der Waals surface area (Å²) in [6.07, 6.45) is 5.16. The van der Waals surface area contributed by atoms with Crippen LogP contribution < -0.4 is 9.62 Å². The van der Waals surface area contributed by atoms with Crippen molar-refractivity contribution >= 4 is 33.3 Å². The SMILES string of the molecule is CNS(=O)(=O)c1cc(C(=O)CCCCCN2CCN(c3ccccc3)CC2)ccc1SC. The zero-order valence-corrected chi connectivity index (χ0v) is 20.6. The van der Waals surface area contributed by atoms with Crippen molar-refractivity contribution in [2.45, 2.75) is 35.5 Å². The second kappa shape index (κ2) is 11.8. The quantitative estimate of drug-likeness (QED) is 0.302. The first-order valence-electron chi connectivity index (χ1n) is 11.1. The van der Waals surface area contributed by atoms with Crippen molar-refractivity contribution in [2.75, 3.05) is 50.9 Å². The molecule has 0 atom stereocenters. The molecule has 0 radical (unpaired) electrons. The molecule has 0 saturated carbocycles. The smallest absolute Gasteiger partial charge is 0.241 e. The van der Waals surface area contributed by atoms with E-state index < -0.39 is 10.0 Å². The van der Waals surface area contributed by atoms with Crippen molar-refractivity contribution in [2.24, 2.45) is 0 Å². The number of para-hydroxylation sites is 1. The van der Waals surface area contributed by atoms with Crippen LogP contribution in [0.2, 0.25) is 0 Å². The second-order valence-corrected chi connectivity index (χ2v) is 10.7. The number of ketones is 1. The normalized spacial score (nSPS) is 15.1. The summed E-state index contributed by atoms with van der Waals surface area (Å²) in [7, 11) is -2.21. The van der Waals surface area contributed by atoms with E-state index in [9.17, 15) is 13.2 Å². The van der Waals surface area contributed by atoms with Crippen LogP contribution in [0.4, 0.5) is 5.69 Å². The Morgan fingerprint density at radius 1 is 1.00 bits per heavy atom. The van der Waals surface area contributed by atoms with E-state index in [1.54, 1.807) is 12.1 Å². The number of carbonyl (C=O) groups excluding carboxylic acids is 1. The highest BCUT2D eigenvalue weighted by molar-refractivity contribution is 7.99. The Balaban J connectivity index is 1.40. The Morgan fingerprint density at radius 2 is 1.72 bits per heavy atom. The fourth-order valence-electron chi connectivity index (χ4n) is 3.98. The van der Waals surface area contributed by atoms with Gasteiger partial charge in [0.2, 0.25) is 10.0 Å². The molecule has 1 aliphatic heterocycles. The Kier molecular flexibility index (Phi) is 9.16. The molecule has 1 N–H and O–H groups in total. The van der Waals surface area contributed by atoms with Crippen molar-refractivity contribution in [3.05, 3.63) is 54.1 Å². The largest absolute Gasteiger partial charge is 0.369 e. The number of nitrogens with zero attached hydrogens (tertiary/aromatic N) is 2. The molecule has 2 aromatic rings. The molecule has 0 aliphatic carbocycles. The van der Waals surface area contributed by atoms with Crippen LogP contribution in [0, 0.1) is 0 Å². The van der Waals surface area contributed by atoms with Gasteiger partial charge in [0.15, 0.2) is 5.78 Å². The first-order valence-corrected chi connectivity index (χ1v) is 13.8. The number of benzene rings is 2. The average Bonchev–Trinajstić information content (AvgIpc) is 2.84. The van der Waals surface area contributed by atoms with Crippen molar-refractivity contribution in [1.82, 2.24) is 9.62 Å². The molecule has 174 valence electrons. The highest BCUT2D eigenvalue weighted by Crippen LogP contribution is 2.26. The van der Waals surface area contributed by atoms with E-state index in [2.05, 4.69) is 38.8 Å². The molecule has 8 heteroatoms. The Morgan fingerprint density at radius 3 is 2.38 bits per heavy atom. The Bertz CT molecular complexity index is 989. The van der Waals surface area contributed by atoms with E-state index in [1.165, 1.54) is 30.6 Å². The molecule has 32 heavy (non-hydrogen) atoms. The summed E-state index contributed by atoms with van der Waals surface area (Å²) in [6, 6.07) is 15.5. The standard InChI is InChI=1S/C24H33N3O3S2/c1-25-32(29,30)24-19-20(12-13-23(24)31-2)22(28)11-7-4-8-14-26-15-17-27(18-16-26)21-9-5-3-6-10-21/h3,5-6,9-10,12-13,19,25H,4,7-8,11,14-18H2,1-2H3. The van der Waals surface area contributed by atoms with Crippen LogP contribution in [0.3, 0.4) is 0 Å². The van der Waals surface area contributed by atoms with Crippen LogP contribution in [0.5, 0.6) is 0 Å². The van der Waals surface area contributed by atoms with Crippen LogP contribution in [0.15, 0.2) is 58.3 Å². The van der Waals surface area contributed by atoms with Gasteiger partial charge in [0.05, 0.1) is 4.90 Å². The lowest BCUT2D eigenvalue weighted by atomic mass is 10.0. The number of carbonyl (C=O) groups is 1. The summed E-state index contributed by atoms with van der Waals surface area (Å²) in [4.78, 5) is 18.4. The number of piperazine rings is 1. The van der Waals surface area contributed by atoms with Gasteiger partial charge in [-0.3, -0.25) is 9.69 Å². The maximum absolute atomic E-state index is 12.6. The number of hydrogen-bond acceptors (Lipinski definition) is 6. The van der Waals surface area contributed by atoms with Crippen LogP contribution >= 0.6 is 11.8 Å². The summed E-state index contributed by atoms with van der Waals surface area (Å²) < 4.78 is 26.9. The lowest BCUT2D eigenvalue weighted by molar-refractivity contribution is 0.0978. The van der Waals surface area contributed by atoms with Gasteiger partial charge in [0.25, 0.3) is 0 Å². The predicted octanol–water partition coefficient (Wildman–Crippen LogP) is 3.88. The minimum Gasteiger partial charge on any atom is -0.369 e. The van der Waals surface area contributed by atoms with Gasteiger partial charge in [-0.15, -0.1) is 11.8 Å². The molecule has 6 nitrogen and oxygen atoms in total. The molecule has 1 heterocycles. The van der Waals surface area contributed by atoms with Crippen molar-refractivity contribution in [3.63, 3.8) is 0 Å². The third-order valence-electron chi connectivity index (χ3n) is 5.92. The molecule has 0 unspecified atom stereocenters. The fourth-order valence-corrected chi connectivity index (χ4v) is 5.86. The van der Waals surface area contributed by atoms with Crippen molar-refractivity contribution < 1.29 is 13.2 Å². The van der Waals surface area contributed by atoms with E-state index in [0.29, 0.717) is 16.9 Å². The third-order valence-corrected chi connectivity index (χ3v) is 8.29. The lowest BCUT2D eigenvalue weighted by Gasteiger charge is -2.36. The van der Waals surface area contributed by atoms with Gasteiger partial charge >= 0.3 is 0 Å². The first-order chi connectivity index (χ1) is 15.4. The van der Waals surface area contributed by atoms with Gasteiger partial charge in [-0.25, -0.2) is 13.1 Å². The van der Waals surface area contributed by atoms with Crippen LogP contribution in [-0.2, 0) is 10.0 Å². The predicted molar refractivity (Wildman–Crippen MR) is 132 cm³/mol. The van der Waals surface area contributed by atoms with E-state index in [0.717, 1.165) is 52.0 Å². The molecule has 0 amide bonds. The van der Waals surface area contributed by atoms with Gasteiger partial charge in [0, 0.05) is 48.7 Å². The molecule has 1 aliphatic rings. The number of rotatable bonds is 11. The molecule has 3 rings (SSSR count). The molecule has 2 aromatic carbocycles. The van der Waals surface area contributed by atoms with Crippen LogP contribution in [-0.4, -0.2) is 65.1 Å². The molecule has 1 fully saturated rings. The number of nitrogens with one attached hydrogen (secondary N) is 1. The highest BCUT2D eigenvalue weighted by atomic mass is 32.2. The van der Waals surface area contributed by atoms with Crippen LogP contribution in [0.25, 0.3) is 0 Å². The number of unbranched alkanes of at least 4 members (excludes halogenated alkanes) is 2.